The first-order valence-electron chi connectivity index (χ1n) is 6.08. The van der Waals surface area contributed by atoms with Crippen LogP contribution in [0.4, 0.5) is 13.2 Å². The number of halogens is 3. The van der Waals surface area contributed by atoms with E-state index < -0.39 is 23.1 Å². The number of nitrogens with one attached hydrogen (secondary N) is 1. The molecule has 6 heteroatoms. The smallest absolute Gasteiger partial charge is 0.417 e. The maximum atomic E-state index is 12.8. The van der Waals surface area contributed by atoms with Gasteiger partial charge in [0, 0.05) is 5.56 Å². The third-order valence-electron chi connectivity index (χ3n) is 2.91. The third-order valence-corrected chi connectivity index (χ3v) is 2.91. The molecule has 0 bridgehead atoms. The number of ether oxygens (including phenoxy) is 1. The van der Waals surface area contributed by atoms with Crippen LogP contribution in [-0.4, -0.2) is 5.84 Å². The first-order valence-corrected chi connectivity index (χ1v) is 6.08. The molecule has 0 radical (unpaired) electrons. The van der Waals surface area contributed by atoms with Crippen LogP contribution in [0.25, 0.3) is 0 Å². The molecule has 0 aliphatic rings. The van der Waals surface area contributed by atoms with Crippen molar-refractivity contribution in [1.82, 2.24) is 0 Å². The van der Waals surface area contributed by atoms with Crippen molar-refractivity contribution < 1.29 is 17.9 Å². The van der Waals surface area contributed by atoms with Crippen molar-refractivity contribution in [3.05, 3.63) is 59.2 Å². The van der Waals surface area contributed by atoms with Crippen LogP contribution in [-0.2, 0) is 6.18 Å². The normalized spacial score (nSPS) is 11.2. The average molecular weight is 294 g/mol. The van der Waals surface area contributed by atoms with Crippen LogP contribution in [0.1, 0.15) is 16.7 Å². The number of aryl methyl sites for hydroxylation is 1. The highest BCUT2D eigenvalue weighted by atomic mass is 19.4. The molecule has 2 aromatic carbocycles. The highest BCUT2D eigenvalue weighted by molar-refractivity contribution is 5.97. The number of alkyl halides is 3. The van der Waals surface area contributed by atoms with Crippen LogP contribution in [0.15, 0.2) is 42.5 Å². The Morgan fingerprint density at radius 2 is 1.81 bits per heavy atom. The van der Waals surface area contributed by atoms with Gasteiger partial charge in [-0.3, -0.25) is 5.41 Å². The number of benzene rings is 2. The molecule has 0 aliphatic heterocycles. The minimum Gasteiger partial charge on any atom is -0.457 e. The highest BCUT2D eigenvalue weighted by Gasteiger charge is 2.34. The molecule has 0 atom stereocenters. The molecular weight excluding hydrogens is 281 g/mol. The predicted molar refractivity (Wildman–Crippen MR) is 73.7 cm³/mol. The van der Waals surface area contributed by atoms with Gasteiger partial charge in [0.1, 0.15) is 17.3 Å². The van der Waals surface area contributed by atoms with Gasteiger partial charge in [-0.25, -0.2) is 0 Å². The lowest BCUT2D eigenvalue weighted by Gasteiger charge is -2.14. The zero-order valence-corrected chi connectivity index (χ0v) is 11.2. The fourth-order valence-corrected chi connectivity index (χ4v) is 1.85. The molecule has 0 amide bonds. The van der Waals surface area contributed by atoms with Crippen molar-refractivity contribution in [3.8, 4) is 11.5 Å². The van der Waals surface area contributed by atoms with Gasteiger partial charge < -0.3 is 10.5 Å². The molecule has 21 heavy (non-hydrogen) atoms. The summed E-state index contributed by atoms with van der Waals surface area (Å²) in [6.45, 7) is 1.82. The van der Waals surface area contributed by atoms with Crippen LogP contribution in [0, 0.1) is 12.3 Å². The number of nitrogen functional groups attached to an aromatic ring is 1. The van der Waals surface area contributed by atoms with Crippen LogP contribution in [0.5, 0.6) is 11.5 Å². The monoisotopic (exact) mass is 294 g/mol. The molecule has 3 N–H and O–H groups in total. The molecule has 2 rings (SSSR count). The summed E-state index contributed by atoms with van der Waals surface area (Å²) < 4.78 is 44.1. The largest absolute Gasteiger partial charge is 0.457 e. The third kappa shape index (κ3) is 3.34. The Hall–Kier alpha value is -2.50. The van der Waals surface area contributed by atoms with E-state index in [9.17, 15) is 13.2 Å². The molecule has 110 valence electrons. The van der Waals surface area contributed by atoms with Gasteiger partial charge in [-0.1, -0.05) is 18.2 Å². The van der Waals surface area contributed by atoms with Crippen molar-refractivity contribution in [1.29, 1.82) is 5.41 Å². The van der Waals surface area contributed by atoms with E-state index in [1.54, 1.807) is 12.1 Å². The lowest BCUT2D eigenvalue weighted by molar-refractivity contribution is -0.137. The van der Waals surface area contributed by atoms with E-state index >= 15 is 0 Å². The maximum absolute atomic E-state index is 12.8. The van der Waals surface area contributed by atoms with E-state index in [2.05, 4.69) is 0 Å². The Morgan fingerprint density at radius 1 is 1.14 bits per heavy atom. The molecule has 0 aromatic heterocycles. The summed E-state index contributed by atoms with van der Waals surface area (Å²) >= 11 is 0. The summed E-state index contributed by atoms with van der Waals surface area (Å²) in [6.07, 6.45) is -4.57. The lowest BCUT2D eigenvalue weighted by atomic mass is 10.1. The second-order valence-electron chi connectivity index (χ2n) is 4.49. The van der Waals surface area contributed by atoms with Gasteiger partial charge >= 0.3 is 6.18 Å². The molecule has 0 spiro atoms. The molecule has 3 nitrogen and oxygen atoms in total. The second kappa shape index (κ2) is 5.47. The summed E-state index contributed by atoms with van der Waals surface area (Å²) in [7, 11) is 0. The molecule has 0 aliphatic carbocycles. The number of para-hydroxylation sites is 1. The SMILES string of the molecule is Cc1ccccc1Oc1ccc(C(F)(F)F)c(C(=N)N)c1. The summed E-state index contributed by atoms with van der Waals surface area (Å²) in [6, 6.07) is 10.3. The van der Waals surface area contributed by atoms with Gasteiger partial charge in [0.15, 0.2) is 0 Å². The van der Waals surface area contributed by atoms with Gasteiger partial charge in [0.05, 0.1) is 5.56 Å². The number of hydrogen-bond acceptors (Lipinski definition) is 2. The fraction of sp³-hybridized carbons (Fsp3) is 0.133. The van der Waals surface area contributed by atoms with Crippen LogP contribution in [0.2, 0.25) is 0 Å². The quantitative estimate of drug-likeness (QED) is 0.661. The Balaban J connectivity index is 2.42. The first kappa shape index (κ1) is 14.9. The molecule has 0 saturated carbocycles. The van der Waals surface area contributed by atoms with Crippen LogP contribution >= 0.6 is 0 Å². The maximum Gasteiger partial charge on any atom is 0.417 e. The number of rotatable bonds is 3. The van der Waals surface area contributed by atoms with Crippen molar-refractivity contribution in [2.75, 3.05) is 0 Å². The molecule has 2 aromatic rings. The number of amidine groups is 1. The van der Waals surface area contributed by atoms with E-state index in [1.165, 1.54) is 6.07 Å². The van der Waals surface area contributed by atoms with Crippen LogP contribution < -0.4 is 10.5 Å². The minimum absolute atomic E-state index is 0.197. The first-order chi connectivity index (χ1) is 9.79. The summed E-state index contributed by atoms with van der Waals surface area (Å²) in [5, 5.41) is 7.30. The molecule has 0 heterocycles. The van der Waals surface area contributed by atoms with E-state index in [-0.39, 0.29) is 5.75 Å². The lowest BCUT2D eigenvalue weighted by Crippen LogP contribution is -2.18. The van der Waals surface area contributed by atoms with Gasteiger partial charge in [-0.05, 0) is 36.8 Å². The molecular formula is C15H13F3N2O. The minimum atomic E-state index is -4.57. The van der Waals surface area contributed by atoms with E-state index in [4.69, 9.17) is 15.9 Å². The molecule has 0 unspecified atom stereocenters. The summed E-state index contributed by atoms with van der Waals surface area (Å²) in [5.41, 5.74) is 4.73. The van der Waals surface area contributed by atoms with E-state index in [1.807, 2.05) is 19.1 Å². The van der Waals surface area contributed by atoms with Gasteiger partial charge in [-0.2, -0.15) is 13.2 Å². The Labute approximate surface area is 119 Å². The van der Waals surface area contributed by atoms with Crippen molar-refractivity contribution in [2.24, 2.45) is 5.73 Å². The Morgan fingerprint density at radius 3 is 2.38 bits per heavy atom. The Kier molecular flexibility index (Phi) is 3.88. The topological polar surface area (TPSA) is 59.1 Å². The van der Waals surface area contributed by atoms with Gasteiger partial charge in [0.25, 0.3) is 0 Å². The number of nitrogens with two attached hydrogens (primary N) is 1. The molecule has 0 fully saturated rings. The standard InChI is InChI=1S/C15H13F3N2O/c1-9-4-2-3-5-13(9)21-10-6-7-12(15(16,17)18)11(8-10)14(19)20/h2-8H,1H3,(H3,19,20). The predicted octanol–water partition coefficient (Wildman–Crippen LogP) is 4.09. The van der Waals surface area contributed by atoms with Crippen molar-refractivity contribution in [2.45, 2.75) is 13.1 Å². The molecule has 0 saturated heterocycles. The van der Waals surface area contributed by atoms with E-state index in [0.717, 1.165) is 17.7 Å². The van der Waals surface area contributed by atoms with Gasteiger partial charge in [-0.15, -0.1) is 0 Å². The second-order valence-corrected chi connectivity index (χ2v) is 4.49. The van der Waals surface area contributed by atoms with Gasteiger partial charge in [0.2, 0.25) is 0 Å². The zero-order valence-electron chi connectivity index (χ0n) is 11.2. The average Bonchev–Trinajstić information content (AvgIpc) is 2.40. The Bertz CT molecular complexity index is 681. The fourth-order valence-electron chi connectivity index (χ4n) is 1.85. The summed E-state index contributed by atoms with van der Waals surface area (Å²) in [4.78, 5) is 0. The van der Waals surface area contributed by atoms with E-state index in [0.29, 0.717) is 5.75 Å². The highest BCUT2D eigenvalue weighted by Crippen LogP contribution is 2.35. The van der Waals surface area contributed by atoms with Crippen molar-refractivity contribution in [3.63, 3.8) is 0 Å². The van der Waals surface area contributed by atoms with Crippen molar-refractivity contribution >= 4 is 5.84 Å². The van der Waals surface area contributed by atoms with Crippen LogP contribution in [0.3, 0.4) is 0 Å². The summed E-state index contributed by atoms with van der Waals surface area (Å²) in [5.74, 6) is 0.0758. The number of hydrogen-bond donors (Lipinski definition) is 2. The zero-order chi connectivity index (χ0) is 15.6.